The van der Waals surface area contributed by atoms with E-state index in [9.17, 15) is 4.79 Å². The van der Waals surface area contributed by atoms with Crippen LogP contribution in [-0.2, 0) is 17.8 Å². The van der Waals surface area contributed by atoms with E-state index in [0.29, 0.717) is 17.2 Å². The summed E-state index contributed by atoms with van der Waals surface area (Å²) in [7, 11) is 0. The van der Waals surface area contributed by atoms with Gasteiger partial charge in [-0.15, -0.1) is 0 Å². The van der Waals surface area contributed by atoms with Crippen molar-refractivity contribution in [3.8, 4) is 0 Å². The van der Waals surface area contributed by atoms with E-state index in [4.69, 9.17) is 11.6 Å². The number of nitrogens with zero attached hydrogens (tertiary/aromatic N) is 2. The van der Waals surface area contributed by atoms with E-state index in [1.54, 1.807) is 0 Å². The molecule has 1 saturated carbocycles. The predicted octanol–water partition coefficient (Wildman–Crippen LogP) is 3.80. The molecule has 0 spiro atoms. The highest BCUT2D eigenvalue weighted by molar-refractivity contribution is 6.32. The lowest BCUT2D eigenvalue weighted by Crippen LogP contribution is -2.27. The molecule has 2 rings (SSSR count). The van der Waals surface area contributed by atoms with Crippen molar-refractivity contribution >= 4 is 17.4 Å². The van der Waals surface area contributed by atoms with Gasteiger partial charge in [-0.3, -0.25) is 9.48 Å². The molecule has 1 unspecified atom stereocenters. The van der Waals surface area contributed by atoms with Crippen molar-refractivity contribution in [1.82, 2.24) is 9.78 Å². The summed E-state index contributed by atoms with van der Waals surface area (Å²) in [5, 5.41) is 5.04. The molecule has 0 saturated heterocycles. The van der Waals surface area contributed by atoms with Crippen LogP contribution in [-0.4, -0.2) is 15.6 Å². The molecular formula is C15H23ClN2O. The molecule has 1 aromatic rings. The van der Waals surface area contributed by atoms with Crippen molar-refractivity contribution < 1.29 is 4.79 Å². The van der Waals surface area contributed by atoms with Gasteiger partial charge < -0.3 is 0 Å². The van der Waals surface area contributed by atoms with E-state index in [1.807, 2.05) is 18.5 Å². The monoisotopic (exact) mass is 282 g/mol. The summed E-state index contributed by atoms with van der Waals surface area (Å²) in [5.41, 5.74) is 1.83. The number of carbonyl (C=O) groups is 1. The fraction of sp³-hybridized carbons (Fsp3) is 0.733. The molecule has 0 bridgehead atoms. The van der Waals surface area contributed by atoms with Crippen molar-refractivity contribution in [2.45, 2.75) is 59.9 Å². The predicted molar refractivity (Wildman–Crippen MR) is 77.5 cm³/mol. The third-order valence-corrected chi connectivity index (χ3v) is 4.93. The van der Waals surface area contributed by atoms with Gasteiger partial charge in [0.15, 0.2) is 0 Å². The van der Waals surface area contributed by atoms with Crippen LogP contribution >= 0.6 is 11.6 Å². The zero-order valence-electron chi connectivity index (χ0n) is 12.3. The Morgan fingerprint density at radius 1 is 1.53 bits per heavy atom. The standard InChI is InChI=1S/C15H23ClN2O/c1-5-18-12(14(16)10(2)17-18)9-13(19)11-7-6-8-15(11,3)4/h11H,5-9H2,1-4H3. The molecule has 0 aromatic carbocycles. The smallest absolute Gasteiger partial charge is 0.142 e. The van der Waals surface area contributed by atoms with Crippen LogP contribution in [0.3, 0.4) is 0 Å². The van der Waals surface area contributed by atoms with Crippen LogP contribution in [0.5, 0.6) is 0 Å². The molecule has 1 aromatic heterocycles. The zero-order chi connectivity index (χ0) is 14.2. The average molecular weight is 283 g/mol. The van der Waals surface area contributed by atoms with Gasteiger partial charge in [-0.1, -0.05) is 31.9 Å². The van der Waals surface area contributed by atoms with Crippen molar-refractivity contribution in [2.24, 2.45) is 11.3 Å². The fourth-order valence-electron chi connectivity index (χ4n) is 3.25. The molecular weight excluding hydrogens is 260 g/mol. The Labute approximate surface area is 120 Å². The molecule has 1 heterocycles. The van der Waals surface area contributed by atoms with E-state index in [-0.39, 0.29) is 11.3 Å². The van der Waals surface area contributed by atoms with E-state index in [0.717, 1.165) is 37.2 Å². The Balaban J connectivity index is 2.20. The molecule has 0 amide bonds. The topological polar surface area (TPSA) is 34.9 Å². The molecule has 106 valence electrons. The molecule has 1 aliphatic carbocycles. The van der Waals surface area contributed by atoms with Gasteiger partial charge in [0.1, 0.15) is 5.78 Å². The quantitative estimate of drug-likeness (QED) is 0.842. The van der Waals surface area contributed by atoms with Crippen molar-refractivity contribution in [1.29, 1.82) is 0 Å². The Hall–Kier alpha value is -0.830. The fourth-order valence-corrected chi connectivity index (χ4v) is 3.45. The average Bonchev–Trinajstić information content (AvgIpc) is 2.83. The van der Waals surface area contributed by atoms with Crippen LogP contribution < -0.4 is 0 Å². The SMILES string of the molecule is CCn1nc(C)c(Cl)c1CC(=O)C1CCCC1(C)C. The number of carbonyl (C=O) groups excluding carboxylic acids is 1. The first-order valence-electron chi connectivity index (χ1n) is 7.11. The van der Waals surface area contributed by atoms with E-state index >= 15 is 0 Å². The van der Waals surface area contributed by atoms with Crippen molar-refractivity contribution in [3.63, 3.8) is 0 Å². The minimum absolute atomic E-state index is 0.135. The number of hydrogen-bond acceptors (Lipinski definition) is 2. The van der Waals surface area contributed by atoms with Crippen LogP contribution in [0.1, 0.15) is 51.4 Å². The normalized spacial score (nSPS) is 21.8. The molecule has 0 radical (unpaired) electrons. The Morgan fingerprint density at radius 2 is 2.21 bits per heavy atom. The van der Waals surface area contributed by atoms with Gasteiger partial charge in [0, 0.05) is 12.5 Å². The molecule has 4 heteroatoms. The van der Waals surface area contributed by atoms with Gasteiger partial charge in [-0.05, 0) is 32.1 Å². The Bertz CT molecular complexity index is 491. The highest BCUT2D eigenvalue weighted by Gasteiger charge is 2.39. The summed E-state index contributed by atoms with van der Waals surface area (Å²) < 4.78 is 1.86. The second-order valence-electron chi connectivity index (χ2n) is 6.24. The third kappa shape index (κ3) is 2.71. The first kappa shape index (κ1) is 14.6. The van der Waals surface area contributed by atoms with E-state index in [1.165, 1.54) is 0 Å². The second kappa shape index (κ2) is 5.28. The van der Waals surface area contributed by atoms with Gasteiger partial charge in [0.2, 0.25) is 0 Å². The van der Waals surface area contributed by atoms with Gasteiger partial charge in [0.25, 0.3) is 0 Å². The highest BCUT2D eigenvalue weighted by Crippen LogP contribution is 2.43. The molecule has 0 N–H and O–H groups in total. The number of halogens is 1. The molecule has 3 nitrogen and oxygen atoms in total. The molecule has 0 aliphatic heterocycles. The van der Waals surface area contributed by atoms with Gasteiger partial charge in [-0.25, -0.2) is 0 Å². The summed E-state index contributed by atoms with van der Waals surface area (Å²) in [6, 6.07) is 0. The maximum atomic E-state index is 12.6. The number of aromatic nitrogens is 2. The minimum Gasteiger partial charge on any atom is -0.299 e. The lowest BCUT2D eigenvalue weighted by Gasteiger charge is -2.25. The number of hydrogen-bond donors (Lipinski definition) is 0. The van der Waals surface area contributed by atoms with Crippen LogP contribution in [0.2, 0.25) is 5.02 Å². The summed E-state index contributed by atoms with van der Waals surface area (Å²) >= 11 is 6.28. The lowest BCUT2D eigenvalue weighted by atomic mass is 9.78. The van der Waals surface area contributed by atoms with E-state index in [2.05, 4.69) is 18.9 Å². The summed E-state index contributed by atoms with van der Waals surface area (Å²) in [5.74, 6) is 0.489. The van der Waals surface area contributed by atoms with Crippen LogP contribution in [0, 0.1) is 18.3 Å². The van der Waals surface area contributed by atoms with Crippen LogP contribution in [0.15, 0.2) is 0 Å². The van der Waals surface area contributed by atoms with Crippen molar-refractivity contribution in [3.05, 3.63) is 16.4 Å². The van der Waals surface area contributed by atoms with Gasteiger partial charge in [0.05, 0.1) is 22.8 Å². The highest BCUT2D eigenvalue weighted by atomic mass is 35.5. The molecule has 1 fully saturated rings. The van der Waals surface area contributed by atoms with Gasteiger partial charge in [-0.2, -0.15) is 5.10 Å². The largest absolute Gasteiger partial charge is 0.299 e. The maximum Gasteiger partial charge on any atom is 0.142 e. The number of Topliss-reactive ketones (excluding diaryl/α,β-unsaturated/α-hetero) is 1. The van der Waals surface area contributed by atoms with Crippen LogP contribution in [0.4, 0.5) is 0 Å². The minimum atomic E-state index is 0.135. The molecule has 1 aliphatic rings. The molecule has 19 heavy (non-hydrogen) atoms. The maximum absolute atomic E-state index is 12.6. The molecule has 1 atom stereocenters. The lowest BCUT2D eigenvalue weighted by molar-refractivity contribution is -0.124. The zero-order valence-corrected chi connectivity index (χ0v) is 13.0. The third-order valence-electron chi connectivity index (χ3n) is 4.44. The summed E-state index contributed by atoms with van der Waals surface area (Å²) in [6.45, 7) is 9.07. The van der Waals surface area contributed by atoms with Gasteiger partial charge >= 0.3 is 0 Å². The summed E-state index contributed by atoms with van der Waals surface area (Å²) in [4.78, 5) is 12.6. The van der Waals surface area contributed by atoms with Crippen molar-refractivity contribution in [2.75, 3.05) is 0 Å². The number of aryl methyl sites for hydroxylation is 2. The number of rotatable bonds is 4. The second-order valence-corrected chi connectivity index (χ2v) is 6.62. The Morgan fingerprint density at radius 3 is 2.74 bits per heavy atom. The summed E-state index contributed by atoms with van der Waals surface area (Å²) in [6.07, 6.45) is 3.73. The van der Waals surface area contributed by atoms with Crippen LogP contribution in [0.25, 0.3) is 0 Å². The van der Waals surface area contributed by atoms with E-state index < -0.39 is 0 Å². The Kier molecular flexibility index (Phi) is 4.05. The first-order valence-corrected chi connectivity index (χ1v) is 7.49. The first-order chi connectivity index (χ1) is 8.86. The number of ketones is 1.